The van der Waals surface area contributed by atoms with E-state index in [1.807, 2.05) is 0 Å². The van der Waals surface area contributed by atoms with Gasteiger partial charge < -0.3 is 10.1 Å². The topological polar surface area (TPSA) is 47.0 Å². The van der Waals surface area contributed by atoms with Gasteiger partial charge in [0.25, 0.3) is 0 Å². The third-order valence-corrected chi connectivity index (χ3v) is 3.03. The summed E-state index contributed by atoms with van der Waals surface area (Å²) in [5.41, 5.74) is -0.734. The number of rotatable bonds is 5. The molecule has 1 aromatic carbocycles. The molecule has 1 unspecified atom stereocenters. The normalized spacial score (nSPS) is 12.8. The zero-order chi connectivity index (χ0) is 17.0. The lowest BCUT2D eigenvalue weighted by Crippen LogP contribution is -2.17. The van der Waals surface area contributed by atoms with E-state index in [0.29, 0.717) is 18.3 Å². The number of aromatic nitrogens is 2. The molecule has 0 aliphatic rings. The summed E-state index contributed by atoms with van der Waals surface area (Å²) < 4.78 is 57.3. The van der Waals surface area contributed by atoms with E-state index in [1.54, 1.807) is 19.9 Å². The van der Waals surface area contributed by atoms with Crippen LogP contribution in [-0.2, 0) is 6.18 Å². The van der Waals surface area contributed by atoms with Gasteiger partial charge in [-0.15, -0.1) is 0 Å². The Kier molecular flexibility index (Phi) is 5.02. The van der Waals surface area contributed by atoms with Crippen molar-refractivity contribution in [3.63, 3.8) is 0 Å². The summed E-state index contributed by atoms with van der Waals surface area (Å²) in [6.07, 6.45) is -3.89. The molecule has 1 N–H and O–H groups in total. The van der Waals surface area contributed by atoms with Crippen LogP contribution in [0.2, 0.25) is 0 Å². The summed E-state index contributed by atoms with van der Waals surface area (Å²) in [7, 11) is 0. The number of hydrogen-bond acceptors (Lipinski definition) is 4. The molecular formula is C15H15F4N3O. The van der Waals surface area contributed by atoms with Crippen LogP contribution in [0.5, 0.6) is 5.88 Å². The van der Waals surface area contributed by atoms with Gasteiger partial charge in [0.2, 0.25) is 11.8 Å². The molecule has 124 valence electrons. The van der Waals surface area contributed by atoms with Gasteiger partial charge in [-0.1, -0.05) is 13.0 Å². The number of nitrogens with one attached hydrogen (secondary N) is 1. The number of alkyl halides is 3. The summed E-state index contributed by atoms with van der Waals surface area (Å²) >= 11 is 0. The Labute approximate surface area is 130 Å². The lowest BCUT2D eigenvalue weighted by atomic mass is 10.3. The van der Waals surface area contributed by atoms with Crippen molar-refractivity contribution in [2.24, 2.45) is 0 Å². The largest absolute Gasteiger partial charge is 0.474 e. The standard InChI is InChI=1S/C15H15F4N3O/c1-3-9(2)23-13-12(15(17,18)19)8-20-14(22-13)21-11-6-4-5-10(16)7-11/h4-9H,3H2,1-2H3,(H,20,21,22). The van der Waals surface area contributed by atoms with Gasteiger partial charge in [0.1, 0.15) is 11.4 Å². The van der Waals surface area contributed by atoms with E-state index < -0.39 is 29.5 Å². The van der Waals surface area contributed by atoms with Crippen molar-refractivity contribution in [2.45, 2.75) is 32.5 Å². The number of halogens is 4. The number of benzene rings is 1. The van der Waals surface area contributed by atoms with Crippen LogP contribution in [0, 0.1) is 5.82 Å². The van der Waals surface area contributed by atoms with Gasteiger partial charge in [-0.25, -0.2) is 9.37 Å². The first-order valence-corrected chi connectivity index (χ1v) is 6.93. The van der Waals surface area contributed by atoms with Crippen molar-refractivity contribution in [2.75, 3.05) is 5.32 Å². The van der Waals surface area contributed by atoms with Crippen molar-refractivity contribution >= 4 is 11.6 Å². The second kappa shape index (κ2) is 6.80. The van der Waals surface area contributed by atoms with Crippen molar-refractivity contribution < 1.29 is 22.3 Å². The average Bonchev–Trinajstić information content (AvgIpc) is 2.46. The molecule has 23 heavy (non-hydrogen) atoms. The summed E-state index contributed by atoms with van der Waals surface area (Å²) in [5.74, 6) is -1.15. The van der Waals surface area contributed by atoms with Gasteiger partial charge in [-0.3, -0.25) is 0 Å². The van der Waals surface area contributed by atoms with E-state index >= 15 is 0 Å². The Bertz CT molecular complexity index is 676. The van der Waals surface area contributed by atoms with Crippen LogP contribution in [0.4, 0.5) is 29.2 Å². The Hall–Kier alpha value is -2.38. The molecule has 1 heterocycles. The van der Waals surface area contributed by atoms with E-state index in [2.05, 4.69) is 15.3 Å². The Morgan fingerprint density at radius 1 is 1.30 bits per heavy atom. The van der Waals surface area contributed by atoms with Crippen LogP contribution < -0.4 is 10.1 Å². The van der Waals surface area contributed by atoms with E-state index in [9.17, 15) is 17.6 Å². The van der Waals surface area contributed by atoms with Gasteiger partial charge in [-0.05, 0) is 31.5 Å². The molecule has 0 spiro atoms. The molecule has 0 fully saturated rings. The van der Waals surface area contributed by atoms with Crippen molar-refractivity contribution in [1.82, 2.24) is 9.97 Å². The highest BCUT2D eigenvalue weighted by atomic mass is 19.4. The molecule has 0 aliphatic carbocycles. The van der Waals surface area contributed by atoms with E-state index in [4.69, 9.17) is 4.74 Å². The first-order chi connectivity index (χ1) is 10.8. The van der Waals surface area contributed by atoms with Crippen LogP contribution in [0.1, 0.15) is 25.8 Å². The first kappa shape index (κ1) is 17.0. The monoisotopic (exact) mass is 329 g/mol. The fourth-order valence-electron chi connectivity index (χ4n) is 1.68. The molecule has 0 amide bonds. The Morgan fingerprint density at radius 3 is 2.65 bits per heavy atom. The molecule has 0 radical (unpaired) electrons. The molecular weight excluding hydrogens is 314 g/mol. The van der Waals surface area contributed by atoms with Crippen LogP contribution in [0.15, 0.2) is 30.5 Å². The van der Waals surface area contributed by atoms with Crippen LogP contribution >= 0.6 is 0 Å². The van der Waals surface area contributed by atoms with E-state index in [0.717, 1.165) is 0 Å². The fourth-order valence-corrected chi connectivity index (χ4v) is 1.68. The molecule has 0 bridgehead atoms. The van der Waals surface area contributed by atoms with Gasteiger partial charge in [0.05, 0.1) is 6.10 Å². The lowest BCUT2D eigenvalue weighted by molar-refractivity contribution is -0.139. The van der Waals surface area contributed by atoms with Crippen molar-refractivity contribution in [3.05, 3.63) is 41.8 Å². The average molecular weight is 329 g/mol. The van der Waals surface area contributed by atoms with Crippen molar-refractivity contribution in [3.8, 4) is 5.88 Å². The fraction of sp³-hybridized carbons (Fsp3) is 0.333. The number of anilines is 2. The smallest absolute Gasteiger partial charge is 0.423 e. The van der Waals surface area contributed by atoms with Gasteiger partial charge >= 0.3 is 6.18 Å². The highest BCUT2D eigenvalue weighted by Crippen LogP contribution is 2.35. The molecule has 2 rings (SSSR count). The predicted molar refractivity (Wildman–Crippen MR) is 77.1 cm³/mol. The maximum atomic E-state index is 13.1. The molecule has 4 nitrogen and oxygen atoms in total. The summed E-state index contributed by atoms with van der Waals surface area (Å²) in [5, 5.41) is 2.65. The van der Waals surface area contributed by atoms with E-state index in [1.165, 1.54) is 18.2 Å². The zero-order valence-electron chi connectivity index (χ0n) is 12.5. The Balaban J connectivity index is 2.33. The van der Waals surface area contributed by atoms with Crippen LogP contribution in [-0.4, -0.2) is 16.1 Å². The highest BCUT2D eigenvalue weighted by molar-refractivity contribution is 5.53. The summed E-state index contributed by atoms with van der Waals surface area (Å²) in [6, 6.07) is 5.42. The lowest BCUT2D eigenvalue weighted by Gasteiger charge is -2.17. The van der Waals surface area contributed by atoms with Crippen LogP contribution in [0.25, 0.3) is 0 Å². The van der Waals surface area contributed by atoms with Gasteiger partial charge in [-0.2, -0.15) is 18.2 Å². The molecule has 2 aromatic rings. The minimum Gasteiger partial charge on any atom is -0.474 e. The third kappa shape index (κ3) is 4.54. The molecule has 8 heteroatoms. The second-order valence-corrected chi connectivity index (χ2v) is 4.88. The minimum absolute atomic E-state index is 0.109. The highest BCUT2D eigenvalue weighted by Gasteiger charge is 2.36. The van der Waals surface area contributed by atoms with Gasteiger partial charge in [0.15, 0.2) is 0 Å². The Morgan fingerprint density at radius 2 is 2.04 bits per heavy atom. The maximum absolute atomic E-state index is 13.1. The number of ether oxygens (including phenoxy) is 1. The van der Waals surface area contributed by atoms with E-state index in [-0.39, 0.29) is 5.95 Å². The first-order valence-electron chi connectivity index (χ1n) is 6.93. The predicted octanol–water partition coefficient (Wildman–Crippen LogP) is 4.56. The SMILES string of the molecule is CCC(C)Oc1nc(Nc2cccc(F)c2)ncc1C(F)(F)F. The molecule has 0 aliphatic heterocycles. The summed E-state index contributed by atoms with van der Waals surface area (Å²) in [6.45, 7) is 3.42. The second-order valence-electron chi connectivity index (χ2n) is 4.88. The molecule has 0 saturated carbocycles. The van der Waals surface area contributed by atoms with Crippen molar-refractivity contribution in [1.29, 1.82) is 0 Å². The third-order valence-electron chi connectivity index (χ3n) is 3.03. The molecule has 1 atom stereocenters. The molecule has 1 aromatic heterocycles. The zero-order valence-corrected chi connectivity index (χ0v) is 12.5. The minimum atomic E-state index is -4.62. The summed E-state index contributed by atoms with van der Waals surface area (Å²) in [4.78, 5) is 7.38. The van der Waals surface area contributed by atoms with Crippen LogP contribution in [0.3, 0.4) is 0 Å². The quantitative estimate of drug-likeness (QED) is 0.817. The number of hydrogen-bond donors (Lipinski definition) is 1. The molecule has 0 saturated heterocycles. The number of nitrogens with zero attached hydrogens (tertiary/aromatic N) is 2. The van der Waals surface area contributed by atoms with Gasteiger partial charge in [0, 0.05) is 11.9 Å². The maximum Gasteiger partial charge on any atom is 0.423 e.